The highest BCUT2D eigenvalue weighted by Gasteiger charge is 2.34. The Morgan fingerprint density at radius 1 is 1.28 bits per heavy atom. The molecule has 1 fully saturated rings. The molecule has 0 unspecified atom stereocenters. The summed E-state index contributed by atoms with van der Waals surface area (Å²) >= 11 is 6.04. The predicted molar refractivity (Wildman–Crippen MR) is 98.9 cm³/mol. The summed E-state index contributed by atoms with van der Waals surface area (Å²) in [6, 6.07) is 3.79. The van der Waals surface area contributed by atoms with Gasteiger partial charge in [-0.2, -0.15) is 0 Å². The minimum absolute atomic E-state index is 0.236. The largest absolute Gasteiger partial charge is 0.495 e. The first kappa shape index (κ1) is 19.8. The number of rotatable bonds is 5. The number of amides is 1. The van der Waals surface area contributed by atoms with Gasteiger partial charge in [0.2, 0.25) is 15.9 Å². The van der Waals surface area contributed by atoms with Crippen LogP contribution in [0.4, 0.5) is 5.69 Å². The predicted octanol–water partition coefficient (Wildman–Crippen LogP) is 1.28. The summed E-state index contributed by atoms with van der Waals surface area (Å²) in [5, 5.41) is 0.365. The zero-order chi connectivity index (χ0) is 18.8. The molecule has 1 aliphatic heterocycles. The van der Waals surface area contributed by atoms with Crippen molar-refractivity contribution in [2.75, 3.05) is 50.9 Å². The van der Waals surface area contributed by atoms with E-state index in [4.69, 9.17) is 16.3 Å². The van der Waals surface area contributed by atoms with Crippen LogP contribution in [0, 0.1) is 0 Å². The summed E-state index contributed by atoms with van der Waals surface area (Å²) in [6.07, 6.45) is 1.07. The molecule has 1 aromatic rings. The van der Waals surface area contributed by atoms with E-state index in [2.05, 4.69) is 4.90 Å². The fraction of sp³-hybridized carbons (Fsp3) is 0.562. The molecule has 1 heterocycles. The van der Waals surface area contributed by atoms with E-state index in [9.17, 15) is 13.2 Å². The molecular weight excluding hydrogens is 366 g/mol. The zero-order valence-corrected chi connectivity index (χ0v) is 16.5. The van der Waals surface area contributed by atoms with Crippen LogP contribution < -0.4 is 9.04 Å². The lowest BCUT2D eigenvalue weighted by atomic mass is 10.2. The first-order valence-corrected chi connectivity index (χ1v) is 10.2. The number of hydrogen-bond acceptors (Lipinski definition) is 5. The first-order chi connectivity index (χ1) is 11.6. The molecule has 0 aromatic heterocycles. The minimum Gasteiger partial charge on any atom is -0.495 e. The number of likely N-dealkylation sites (N-methyl/N-ethyl adjacent to an activating group) is 1. The van der Waals surface area contributed by atoms with Gasteiger partial charge in [0.15, 0.2) is 0 Å². The van der Waals surface area contributed by atoms with Gasteiger partial charge in [-0.15, -0.1) is 0 Å². The van der Waals surface area contributed by atoms with Crippen LogP contribution in [-0.2, 0) is 14.8 Å². The van der Waals surface area contributed by atoms with Crippen LogP contribution in [-0.4, -0.2) is 76.8 Å². The van der Waals surface area contributed by atoms with Gasteiger partial charge in [-0.1, -0.05) is 11.6 Å². The first-order valence-electron chi connectivity index (χ1n) is 7.95. The quantitative estimate of drug-likeness (QED) is 0.758. The third kappa shape index (κ3) is 4.56. The second kappa shape index (κ2) is 7.80. The highest BCUT2D eigenvalue weighted by molar-refractivity contribution is 7.92. The molecule has 2 rings (SSSR count). The van der Waals surface area contributed by atoms with E-state index in [0.29, 0.717) is 23.9 Å². The number of carbonyl (C=O) groups is 1. The number of sulfonamides is 1. The Bertz CT molecular complexity index is 733. The van der Waals surface area contributed by atoms with Crippen molar-refractivity contribution in [3.05, 3.63) is 23.2 Å². The molecule has 1 aromatic carbocycles. The number of anilines is 1. The van der Waals surface area contributed by atoms with E-state index < -0.39 is 16.1 Å². The van der Waals surface area contributed by atoms with Crippen molar-refractivity contribution in [3.8, 4) is 5.75 Å². The summed E-state index contributed by atoms with van der Waals surface area (Å²) in [4.78, 5) is 16.7. The Kier molecular flexibility index (Phi) is 6.18. The van der Waals surface area contributed by atoms with Gasteiger partial charge in [-0.3, -0.25) is 9.10 Å². The number of hydrogen-bond donors (Lipinski definition) is 0. The highest BCUT2D eigenvalue weighted by atomic mass is 35.5. The number of nitrogens with zero attached hydrogens (tertiary/aromatic N) is 3. The summed E-state index contributed by atoms with van der Waals surface area (Å²) < 4.78 is 31.2. The fourth-order valence-corrected chi connectivity index (χ4v) is 4.23. The van der Waals surface area contributed by atoms with Crippen LogP contribution in [0.25, 0.3) is 0 Å². The molecule has 1 atom stereocenters. The summed E-state index contributed by atoms with van der Waals surface area (Å²) in [7, 11) is -0.289. The van der Waals surface area contributed by atoms with Crippen molar-refractivity contribution in [1.82, 2.24) is 9.80 Å². The Hall–Kier alpha value is -1.51. The molecule has 7 nitrogen and oxygen atoms in total. The lowest BCUT2D eigenvalue weighted by Crippen LogP contribution is -2.54. The van der Waals surface area contributed by atoms with Gasteiger partial charge in [-0.05, 0) is 32.2 Å². The van der Waals surface area contributed by atoms with E-state index >= 15 is 0 Å². The Labute approximate surface area is 154 Å². The van der Waals surface area contributed by atoms with Crippen molar-refractivity contribution in [2.24, 2.45) is 0 Å². The lowest BCUT2D eigenvalue weighted by Gasteiger charge is -2.37. The average Bonchev–Trinajstić information content (AvgIpc) is 2.54. The maximum absolute atomic E-state index is 12.9. The van der Waals surface area contributed by atoms with Gasteiger partial charge in [0.1, 0.15) is 11.8 Å². The number of ether oxygens (including phenoxy) is 1. The molecule has 0 radical (unpaired) electrons. The summed E-state index contributed by atoms with van der Waals surface area (Å²) in [5.41, 5.74) is 0.257. The SMILES string of the molecule is COc1ccc(Cl)cc1N([C@@H](C)C(=O)N1CCN(C)CC1)S(C)(=O)=O. The molecule has 0 N–H and O–H groups in total. The molecule has 0 spiro atoms. The average molecular weight is 390 g/mol. The van der Waals surface area contributed by atoms with E-state index in [0.717, 1.165) is 23.7 Å². The van der Waals surface area contributed by atoms with Gasteiger partial charge in [0, 0.05) is 31.2 Å². The maximum Gasteiger partial charge on any atom is 0.246 e. The molecule has 25 heavy (non-hydrogen) atoms. The van der Waals surface area contributed by atoms with Gasteiger partial charge in [0.05, 0.1) is 19.1 Å². The number of methoxy groups -OCH3 is 1. The van der Waals surface area contributed by atoms with Crippen LogP contribution in [0.5, 0.6) is 5.75 Å². The fourth-order valence-electron chi connectivity index (χ4n) is 2.90. The van der Waals surface area contributed by atoms with E-state index in [1.807, 2.05) is 7.05 Å². The maximum atomic E-state index is 12.9. The Morgan fingerprint density at radius 2 is 1.88 bits per heavy atom. The minimum atomic E-state index is -3.72. The molecule has 1 aliphatic rings. The highest BCUT2D eigenvalue weighted by Crippen LogP contribution is 2.34. The molecule has 0 aliphatic carbocycles. The standard InChI is InChI=1S/C16H24ClN3O4S/c1-12(16(21)19-9-7-18(2)8-10-19)20(25(4,22)23)14-11-13(17)5-6-15(14)24-3/h5-6,11-12H,7-10H2,1-4H3/t12-/m0/s1. The van der Waals surface area contributed by atoms with Crippen LogP contribution >= 0.6 is 11.6 Å². The topological polar surface area (TPSA) is 70.2 Å². The molecular formula is C16H24ClN3O4S. The number of halogens is 1. The molecule has 9 heteroatoms. The number of benzene rings is 1. The van der Waals surface area contributed by atoms with Crippen LogP contribution in [0.2, 0.25) is 5.02 Å². The van der Waals surface area contributed by atoms with Crippen LogP contribution in [0.3, 0.4) is 0 Å². The monoisotopic (exact) mass is 389 g/mol. The van der Waals surface area contributed by atoms with Gasteiger partial charge < -0.3 is 14.5 Å². The van der Waals surface area contributed by atoms with Gasteiger partial charge >= 0.3 is 0 Å². The van der Waals surface area contributed by atoms with Crippen molar-refractivity contribution in [3.63, 3.8) is 0 Å². The van der Waals surface area contributed by atoms with E-state index in [-0.39, 0.29) is 11.6 Å². The second-order valence-corrected chi connectivity index (χ2v) is 8.48. The summed E-state index contributed by atoms with van der Waals surface area (Å²) in [6.45, 7) is 4.26. The van der Waals surface area contributed by atoms with E-state index in [1.54, 1.807) is 24.0 Å². The normalized spacial score (nSPS) is 17.2. The van der Waals surface area contributed by atoms with Crippen molar-refractivity contribution < 1.29 is 17.9 Å². The van der Waals surface area contributed by atoms with Crippen molar-refractivity contribution in [2.45, 2.75) is 13.0 Å². The lowest BCUT2D eigenvalue weighted by molar-refractivity contribution is -0.133. The molecule has 0 saturated carbocycles. The van der Waals surface area contributed by atoms with Gasteiger partial charge in [0.25, 0.3) is 0 Å². The summed E-state index contributed by atoms with van der Waals surface area (Å²) in [5.74, 6) is 0.105. The van der Waals surface area contributed by atoms with E-state index in [1.165, 1.54) is 13.2 Å². The smallest absolute Gasteiger partial charge is 0.246 e. The second-order valence-electron chi connectivity index (χ2n) is 6.18. The molecule has 1 amide bonds. The molecule has 140 valence electrons. The third-order valence-corrected chi connectivity index (χ3v) is 5.72. The van der Waals surface area contributed by atoms with Crippen LogP contribution in [0.1, 0.15) is 6.92 Å². The molecule has 1 saturated heterocycles. The number of carbonyl (C=O) groups excluding carboxylic acids is 1. The molecule has 0 bridgehead atoms. The Morgan fingerprint density at radius 3 is 2.40 bits per heavy atom. The van der Waals surface area contributed by atoms with Crippen molar-refractivity contribution >= 4 is 33.2 Å². The van der Waals surface area contributed by atoms with Crippen molar-refractivity contribution in [1.29, 1.82) is 0 Å². The third-order valence-electron chi connectivity index (χ3n) is 4.26. The van der Waals surface area contributed by atoms with Gasteiger partial charge in [-0.25, -0.2) is 8.42 Å². The number of piperazine rings is 1. The Balaban J connectivity index is 2.38. The zero-order valence-electron chi connectivity index (χ0n) is 14.9. The van der Waals surface area contributed by atoms with Crippen LogP contribution in [0.15, 0.2) is 18.2 Å².